The smallest absolute Gasteiger partial charge is 0.368 e. The molecule has 1 aliphatic rings. The molecule has 0 aliphatic carbocycles. The van der Waals surface area contributed by atoms with E-state index in [2.05, 4.69) is 0 Å². The normalized spacial score (nSPS) is 16.2. The Morgan fingerprint density at radius 2 is 1.51 bits per heavy atom. The Balaban J connectivity index is 1.80. The number of carbonyl (C=O) groups excluding carboxylic acids is 1. The number of piperazine rings is 1. The SMILES string of the molecule is O=C(CS(=O)c1ccc(S(=O)(=O)C(F)(F)C(F)(F)C(F)(F)F)cc1[N+](=O)[O-])N1CCN(c2ccccc2)CC1. The lowest BCUT2D eigenvalue weighted by molar-refractivity contribution is -0.388. The van der Waals surface area contributed by atoms with E-state index < -0.39 is 70.1 Å². The molecule has 0 saturated carbocycles. The van der Waals surface area contributed by atoms with Crippen molar-refractivity contribution >= 4 is 37.9 Å². The van der Waals surface area contributed by atoms with Gasteiger partial charge in [0.25, 0.3) is 15.5 Å². The van der Waals surface area contributed by atoms with E-state index in [-0.39, 0.29) is 25.2 Å². The summed E-state index contributed by atoms with van der Waals surface area (Å²) in [6.07, 6.45) is -6.97. The van der Waals surface area contributed by atoms with Crippen LogP contribution in [0.3, 0.4) is 0 Å². The third-order valence-corrected chi connectivity index (χ3v) is 8.90. The Morgan fingerprint density at radius 1 is 0.949 bits per heavy atom. The van der Waals surface area contributed by atoms with Gasteiger partial charge in [-0.05, 0) is 24.3 Å². The number of nitrogens with zero attached hydrogens (tertiary/aromatic N) is 3. The van der Waals surface area contributed by atoms with E-state index in [0.717, 1.165) is 5.69 Å². The summed E-state index contributed by atoms with van der Waals surface area (Å²) in [6.45, 7) is 1.22. The monoisotopic (exact) mass is 605 g/mol. The number of rotatable bonds is 8. The van der Waals surface area contributed by atoms with Gasteiger partial charge in [-0.15, -0.1) is 0 Å². The molecule has 18 heteroatoms. The van der Waals surface area contributed by atoms with Crippen LogP contribution in [0.25, 0.3) is 0 Å². The van der Waals surface area contributed by atoms with Crippen LogP contribution in [-0.2, 0) is 25.4 Å². The number of carbonyl (C=O) groups is 1. The molecule has 1 saturated heterocycles. The average molecular weight is 606 g/mol. The molecule has 39 heavy (non-hydrogen) atoms. The summed E-state index contributed by atoms with van der Waals surface area (Å²) in [6, 6.07) is 9.41. The van der Waals surface area contributed by atoms with E-state index in [0.29, 0.717) is 19.2 Å². The molecule has 1 atom stereocenters. The molecule has 9 nitrogen and oxygen atoms in total. The topological polar surface area (TPSA) is 118 Å². The first-order chi connectivity index (χ1) is 17.9. The molecule has 1 aliphatic heterocycles. The zero-order valence-corrected chi connectivity index (χ0v) is 21.0. The molecule has 1 heterocycles. The quantitative estimate of drug-likeness (QED) is 0.256. The summed E-state index contributed by atoms with van der Waals surface area (Å²) in [5, 5.41) is 4.70. The number of alkyl halides is 7. The molecule has 0 spiro atoms. The largest absolute Gasteiger partial charge is 0.461 e. The van der Waals surface area contributed by atoms with E-state index in [1.165, 1.54) is 4.90 Å². The Labute approximate surface area is 218 Å². The fraction of sp³-hybridized carbons (Fsp3) is 0.381. The number of nitro groups is 1. The standard InChI is InChI=1S/C21H18F7N3O6S2/c22-19(23,20(24,25)26)21(27,28)39(36,37)15-6-7-17(16(12-15)31(33)34)38(35)13-18(32)30-10-8-29(9-11-30)14-4-2-1-3-5-14/h1-7,12H,8-11,13H2. The van der Waals surface area contributed by atoms with Gasteiger partial charge in [-0.3, -0.25) is 19.1 Å². The lowest BCUT2D eigenvalue weighted by Crippen LogP contribution is -2.55. The maximum atomic E-state index is 13.9. The second kappa shape index (κ2) is 10.7. The highest BCUT2D eigenvalue weighted by Gasteiger charge is 2.78. The zero-order chi connectivity index (χ0) is 29.4. The number of para-hydroxylation sites is 1. The van der Waals surface area contributed by atoms with E-state index in [1.807, 2.05) is 35.2 Å². The van der Waals surface area contributed by atoms with E-state index in [4.69, 9.17) is 0 Å². The van der Waals surface area contributed by atoms with Gasteiger partial charge < -0.3 is 9.80 Å². The molecule has 0 bridgehead atoms. The first-order valence-corrected chi connectivity index (χ1v) is 13.5. The minimum Gasteiger partial charge on any atom is -0.368 e. The van der Waals surface area contributed by atoms with Crippen molar-refractivity contribution in [3.05, 3.63) is 58.6 Å². The first-order valence-electron chi connectivity index (χ1n) is 10.7. The number of nitro benzene ring substituents is 1. The fourth-order valence-electron chi connectivity index (χ4n) is 3.62. The number of halogens is 7. The van der Waals surface area contributed by atoms with E-state index in [1.54, 1.807) is 0 Å². The number of anilines is 1. The van der Waals surface area contributed by atoms with Gasteiger partial charge in [0.15, 0.2) is 0 Å². The molecule has 0 N–H and O–H groups in total. The van der Waals surface area contributed by atoms with Crippen LogP contribution in [0.2, 0.25) is 0 Å². The maximum absolute atomic E-state index is 13.9. The molecule has 1 unspecified atom stereocenters. The third kappa shape index (κ3) is 5.70. The Kier molecular flexibility index (Phi) is 8.31. The molecular weight excluding hydrogens is 587 g/mol. The molecule has 2 aromatic rings. The molecule has 2 aromatic carbocycles. The van der Waals surface area contributed by atoms with Crippen LogP contribution in [-0.4, -0.2) is 77.6 Å². The van der Waals surface area contributed by atoms with Crippen molar-refractivity contribution in [2.45, 2.75) is 27.1 Å². The van der Waals surface area contributed by atoms with Crippen LogP contribution < -0.4 is 4.90 Å². The molecular formula is C21H18F7N3O6S2. The van der Waals surface area contributed by atoms with Crippen molar-refractivity contribution in [3.8, 4) is 0 Å². The summed E-state index contributed by atoms with van der Waals surface area (Å²) in [7, 11) is -9.37. The molecule has 0 aromatic heterocycles. The number of sulfone groups is 1. The minimum atomic E-state index is -7.04. The molecule has 214 valence electrons. The summed E-state index contributed by atoms with van der Waals surface area (Å²) in [5.41, 5.74) is -0.528. The van der Waals surface area contributed by atoms with Crippen LogP contribution in [0.1, 0.15) is 0 Å². The fourth-order valence-corrected chi connectivity index (χ4v) is 6.03. The van der Waals surface area contributed by atoms with Crippen LogP contribution in [0.15, 0.2) is 58.3 Å². The number of amides is 1. The van der Waals surface area contributed by atoms with Gasteiger partial charge in [0, 0.05) is 37.9 Å². The molecule has 0 radical (unpaired) electrons. The average Bonchev–Trinajstić information content (AvgIpc) is 2.87. The van der Waals surface area contributed by atoms with Gasteiger partial charge in [0.2, 0.25) is 5.91 Å². The van der Waals surface area contributed by atoms with Crippen molar-refractivity contribution in [2.24, 2.45) is 0 Å². The summed E-state index contributed by atoms with van der Waals surface area (Å²) in [4.78, 5) is 23.2. The minimum absolute atomic E-state index is 0.0824. The predicted octanol–water partition coefficient (Wildman–Crippen LogP) is 3.62. The third-order valence-electron chi connectivity index (χ3n) is 5.75. The van der Waals surface area contributed by atoms with Crippen molar-refractivity contribution in [1.29, 1.82) is 0 Å². The highest BCUT2D eigenvalue weighted by molar-refractivity contribution is 7.92. The second-order valence-corrected chi connectivity index (χ2v) is 11.6. The Bertz CT molecular complexity index is 1380. The summed E-state index contributed by atoms with van der Waals surface area (Å²) >= 11 is 0. The van der Waals surface area contributed by atoms with E-state index in [9.17, 15) is 58.3 Å². The van der Waals surface area contributed by atoms with Gasteiger partial charge in [0.05, 0.1) is 20.6 Å². The lowest BCUT2D eigenvalue weighted by Gasteiger charge is -2.36. The Morgan fingerprint density at radius 3 is 2.03 bits per heavy atom. The van der Waals surface area contributed by atoms with Gasteiger partial charge in [0.1, 0.15) is 10.6 Å². The zero-order valence-electron chi connectivity index (χ0n) is 19.4. The van der Waals surface area contributed by atoms with Crippen LogP contribution in [0.4, 0.5) is 42.1 Å². The van der Waals surface area contributed by atoms with Gasteiger partial charge in [-0.2, -0.15) is 30.7 Å². The van der Waals surface area contributed by atoms with Crippen molar-refractivity contribution in [2.75, 3.05) is 36.8 Å². The van der Waals surface area contributed by atoms with Crippen LogP contribution in [0.5, 0.6) is 0 Å². The number of hydrogen-bond acceptors (Lipinski definition) is 7. The van der Waals surface area contributed by atoms with Crippen molar-refractivity contribution in [1.82, 2.24) is 4.90 Å². The lowest BCUT2D eigenvalue weighted by atomic mass is 10.2. The summed E-state index contributed by atoms with van der Waals surface area (Å²) < 4.78 is 129. The number of benzene rings is 2. The molecule has 3 rings (SSSR count). The van der Waals surface area contributed by atoms with Crippen molar-refractivity contribution in [3.63, 3.8) is 0 Å². The maximum Gasteiger partial charge on any atom is 0.461 e. The summed E-state index contributed by atoms with van der Waals surface area (Å²) in [5.74, 6) is -8.57. The van der Waals surface area contributed by atoms with Crippen LogP contribution >= 0.6 is 0 Å². The first kappa shape index (κ1) is 30.3. The van der Waals surface area contributed by atoms with Gasteiger partial charge >= 0.3 is 17.4 Å². The van der Waals surface area contributed by atoms with Crippen LogP contribution in [0, 0.1) is 10.1 Å². The highest BCUT2D eigenvalue weighted by Crippen LogP contribution is 2.51. The predicted molar refractivity (Wildman–Crippen MR) is 123 cm³/mol. The van der Waals surface area contributed by atoms with E-state index >= 15 is 0 Å². The number of hydrogen-bond donors (Lipinski definition) is 0. The highest BCUT2D eigenvalue weighted by atomic mass is 32.2. The second-order valence-electron chi connectivity index (χ2n) is 8.17. The van der Waals surface area contributed by atoms with Gasteiger partial charge in [-0.1, -0.05) is 18.2 Å². The van der Waals surface area contributed by atoms with Crippen molar-refractivity contribution < 1.29 is 53.1 Å². The molecule has 1 fully saturated rings. The molecule has 1 amide bonds. The Hall–Kier alpha value is -3.28. The van der Waals surface area contributed by atoms with Gasteiger partial charge in [-0.25, -0.2) is 8.42 Å².